The highest BCUT2D eigenvalue weighted by molar-refractivity contribution is 5.79. The number of phenolic OH excluding ortho intramolecular Hbond substituents is 1. The fourth-order valence-corrected chi connectivity index (χ4v) is 2.15. The Morgan fingerprint density at radius 3 is 2.65 bits per heavy atom. The number of nitrogens with zero attached hydrogens (tertiary/aromatic N) is 1. The smallest absolute Gasteiger partial charge is 0.191 e. The molecule has 0 aliphatic rings. The number of rotatable bonds is 7. The van der Waals surface area contributed by atoms with Crippen LogP contribution >= 0.6 is 0 Å². The highest BCUT2D eigenvalue weighted by Gasteiger charge is 2.06. The fourth-order valence-electron chi connectivity index (χ4n) is 2.15. The van der Waals surface area contributed by atoms with Gasteiger partial charge in [0.05, 0.1) is 13.7 Å². The lowest BCUT2D eigenvalue weighted by Gasteiger charge is -2.14. The minimum Gasteiger partial charge on any atom is -0.508 e. The average molecular weight is 365 g/mol. The molecule has 0 fully saturated rings. The number of hydrogen-bond acceptors (Lipinski definition) is 4. The molecule has 3 N–H and O–H groups in total. The number of hydrogen-bond donors (Lipinski definition) is 3. The summed E-state index contributed by atoms with van der Waals surface area (Å²) in [4.78, 5) is 4.05. The molecule has 0 heterocycles. The third-order valence-electron chi connectivity index (χ3n) is 3.50. The molecule has 0 saturated carbocycles. The summed E-state index contributed by atoms with van der Waals surface area (Å²) in [6.45, 7) is 0.838. The number of halogens is 2. The minimum atomic E-state index is -0.749. The minimum absolute atomic E-state index is 0.0163. The van der Waals surface area contributed by atoms with Gasteiger partial charge in [-0.15, -0.1) is 0 Å². The monoisotopic (exact) mass is 365 g/mol. The molecule has 2 rings (SSSR count). The van der Waals surface area contributed by atoms with Crippen molar-refractivity contribution >= 4 is 5.96 Å². The predicted molar refractivity (Wildman–Crippen MR) is 94.7 cm³/mol. The molecule has 0 bridgehead atoms. The van der Waals surface area contributed by atoms with Crippen LogP contribution in [0.3, 0.4) is 0 Å². The van der Waals surface area contributed by atoms with Crippen LogP contribution in [-0.2, 0) is 6.54 Å². The Balaban J connectivity index is 1.79. The zero-order valence-electron chi connectivity index (χ0n) is 14.6. The maximum Gasteiger partial charge on any atom is 0.191 e. The van der Waals surface area contributed by atoms with Crippen molar-refractivity contribution < 1.29 is 23.4 Å². The van der Waals surface area contributed by atoms with Crippen molar-refractivity contribution in [2.75, 3.05) is 27.3 Å². The molecule has 0 aliphatic heterocycles. The molecule has 0 aliphatic carbocycles. The van der Waals surface area contributed by atoms with Crippen LogP contribution in [0.25, 0.3) is 0 Å². The van der Waals surface area contributed by atoms with Gasteiger partial charge in [-0.1, -0.05) is 0 Å². The van der Waals surface area contributed by atoms with E-state index in [1.807, 2.05) is 0 Å². The Morgan fingerprint density at radius 2 is 1.96 bits per heavy atom. The van der Waals surface area contributed by atoms with E-state index in [-0.39, 0.29) is 18.1 Å². The average Bonchev–Trinajstić information content (AvgIpc) is 2.63. The van der Waals surface area contributed by atoms with Crippen molar-refractivity contribution in [1.82, 2.24) is 10.6 Å². The number of phenols is 1. The molecular weight excluding hydrogens is 344 g/mol. The van der Waals surface area contributed by atoms with E-state index >= 15 is 0 Å². The maximum atomic E-state index is 13.5. The van der Waals surface area contributed by atoms with Crippen molar-refractivity contribution in [2.24, 2.45) is 4.99 Å². The Labute approximate surface area is 150 Å². The number of ether oxygens (including phenoxy) is 2. The van der Waals surface area contributed by atoms with Crippen molar-refractivity contribution in [1.29, 1.82) is 0 Å². The van der Waals surface area contributed by atoms with Gasteiger partial charge in [0.15, 0.2) is 17.5 Å². The summed E-state index contributed by atoms with van der Waals surface area (Å²) < 4.78 is 36.7. The normalized spacial score (nSPS) is 11.2. The number of guanidine groups is 1. The predicted octanol–water partition coefficient (Wildman–Crippen LogP) is 2.42. The molecule has 0 unspecified atom stereocenters. The summed E-state index contributed by atoms with van der Waals surface area (Å²) >= 11 is 0. The molecule has 140 valence electrons. The van der Waals surface area contributed by atoms with Gasteiger partial charge < -0.3 is 25.2 Å². The molecule has 0 amide bonds. The molecule has 0 saturated heterocycles. The molecule has 0 radical (unpaired) electrons. The number of benzene rings is 2. The Hall–Kier alpha value is -3.03. The second-order valence-electron chi connectivity index (χ2n) is 5.27. The van der Waals surface area contributed by atoms with Gasteiger partial charge in [-0.25, -0.2) is 8.78 Å². The first kappa shape index (κ1) is 19.3. The van der Waals surface area contributed by atoms with Gasteiger partial charge in [-0.05, 0) is 30.3 Å². The lowest BCUT2D eigenvalue weighted by molar-refractivity contribution is 0.304. The van der Waals surface area contributed by atoms with Crippen LogP contribution in [-0.4, -0.2) is 38.4 Å². The van der Waals surface area contributed by atoms with E-state index in [1.165, 1.54) is 6.07 Å². The summed E-state index contributed by atoms with van der Waals surface area (Å²) in [6, 6.07) is 8.07. The fraction of sp³-hybridized carbons (Fsp3) is 0.278. The van der Waals surface area contributed by atoms with Gasteiger partial charge in [0, 0.05) is 25.2 Å². The van der Waals surface area contributed by atoms with Crippen molar-refractivity contribution in [3.05, 3.63) is 53.6 Å². The van der Waals surface area contributed by atoms with E-state index in [9.17, 15) is 13.9 Å². The van der Waals surface area contributed by atoms with E-state index in [2.05, 4.69) is 15.6 Å². The topological polar surface area (TPSA) is 75.1 Å². The number of aliphatic imine (C=N–C) groups is 1. The lowest BCUT2D eigenvalue weighted by Crippen LogP contribution is -2.38. The van der Waals surface area contributed by atoms with E-state index < -0.39 is 11.6 Å². The van der Waals surface area contributed by atoms with Gasteiger partial charge in [0.1, 0.15) is 23.9 Å². The summed E-state index contributed by atoms with van der Waals surface area (Å²) in [5.74, 6) is -0.159. The SMILES string of the molecule is CN=C(NCCOc1ccc(F)cc1F)NCc1cc(OC)ccc1O. The molecule has 0 atom stereocenters. The molecule has 26 heavy (non-hydrogen) atoms. The number of methoxy groups -OCH3 is 1. The van der Waals surface area contributed by atoms with Crippen LogP contribution in [0.15, 0.2) is 41.4 Å². The third-order valence-corrected chi connectivity index (χ3v) is 3.50. The second-order valence-corrected chi connectivity index (χ2v) is 5.27. The van der Waals surface area contributed by atoms with Crippen molar-refractivity contribution in [3.8, 4) is 17.2 Å². The molecular formula is C18H21F2N3O3. The molecule has 8 heteroatoms. The highest BCUT2D eigenvalue weighted by Crippen LogP contribution is 2.22. The standard InChI is InChI=1S/C18H21F2N3O3/c1-21-18(23-11-12-9-14(25-2)4-5-16(12)24)22-7-8-26-17-6-3-13(19)10-15(17)20/h3-6,9-10,24H,7-8,11H2,1-2H3,(H2,21,22,23). The van der Waals surface area contributed by atoms with Crippen LogP contribution in [0.2, 0.25) is 0 Å². The van der Waals surface area contributed by atoms with Crippen LogP contribution in [0.4, 0.5) is 8.78 Å². The van der Waals surface area contributed by atoms with Gasteiger partial charge in [-0.2, -0.15) is 0 Å². The molecule has 6 nitrogen and oxygen atoms in total. The number of aromatic hydroxyl groups is 1. The van der Waals surface area contributed by atoms with Gasteiger partial charge in [-0.3, -0.25) is 4.99 Å². The zero-order chi connectivity index (χ0) is 18.9. The van der Waals surface area contributed by atoms with Crippen LogP contribution in [0, 0.1) is 11.6 Å². The maximum absolute atomic E-state index is 13.5. The molecule has 0 spiro atoms. The van der Waals surface area contributed by atoms with E-state index in [1.54, 1.807) is 32.4 Å². The van der Waals surface area contributed by atoms with Crippen molar-refractivity contribution in [3.63, 3.8) is 0 Å². The van der Waals surface area contributed by atoms with E-state index in [0.717, 1.165) is 12.1 Å². The third kappa shape index (κ3) is 5.51. The van der Waals surface area contributed by atoms with E-state index in [4.69, 9.17) is 9.47 Å². The molecule has 0 aromatic heterocycles. The van der Waals surface area contributed by atoms with Crippen LogP contribution in [0.1, 0.15) is 5.56 Å². The Morgan fingerprint density at radius 1 is 1.15 bits per heavy atom. The largest absolute Gasteiger partial charge is 0.508 e. The van der Waals surface area contributed by atoms with Crippen LogP contribution in [0.5, 0.6) is 17.2 Å². The first-order valence-electron chi connectivity index (χ1n) is 7.91. The second kappa shape index (κ2) is 9.45. The first-order valence-corrected chi connectivity index (χ1v) is 7.91. The summed E-state index contributed by atoms with van der Waals surface area (Å²) in [7, 11) is 3.15. The van der Waals surface area contributed by atoms with Gasteiger partial charge in [0.25, 0.3) is 0 Å². The summed E-state index contributed by atoms with van der Waals surface area (Å²) in [5.41, 5.74) is 0.650. The van der Waals surface area contributed by atoms with Crippen LogP contribution < -0.4 is 20.1 Å². The molecule has 2 aromatic carbocycles. The quantitative estimate of drug-likeness (QED) is 0.399. The Kier molecular flexibility index (Phi) is 7.02. The zero-order valence-corrected chi connectivity index (χ0v) is 14.6. The lowest BCUT2D eigenvalue weighted by atomic mass is 10.2. The van der Waals surface area contributed by atoms with Crippen molar-refractivity contribution in [2.45, 2.75) is 6.54 Å². The highest BCUT2D eigenvalue weighted by atomic mass is 19.1. The first-order chi connectivity index (χ1) is 12.5. The van der Waals surface area contributed by atoms with Gasteiger partial charge >= 0.3 is 0 Å². The van der Waals surface area contributed by atoms with Gasteiger partial charge in [0.2, 0.25) is 0 Å². The summed E-state index contributed by atoms with van der Waals surface area (Å²) in [5, 5.41) is 15.9. The molecule has 2 aromatic rings. The Bertz CT molecular complexity index is 769. The van der Waals surface area contributed by atoms with E-state index in [0.29, 0.717) is 30.4 Å². The number of nitrogens with one attached hydrogen (secondary N) is 2. The summed E-state index contributed by atoms with van der Waals surface area (Å²) in [6.07, 6.45) is 0.